The minimum absolute atomic E-state index is 0.258. The summed E-state index contributed by atoms with van der Waals surface area (Å²) < 4.78 is 0. The van der Waals surface area contributed by atoms with E-state index in [1.165, 1.54) is 11.3 Å². The first-order valence-corrected chi connectivity index (χ1v) is 4.48. The summed E-state index contributed by atoms with van der Waals surface area (Å²) in [4.78, 5) is 2.08. The van der Waals surface area contributed by atoms with Gasteiger partial charge in [0.1, 0.15) is 0 Å². The van der Waals surface area contributed by atoms with Crippen LogP contribution >= 0.6 is 0 Å². The summed E-state index contributed by atoms with van der Waals surface area (Å²) in [6.45, 7) is 4.03. The van der Waals surface area contributed by atoms with Gasteiger partial charge < -0.3 is 10.6 Å². The Hall–Kier alpha value is -1.02. The Morgan fingerprint density at radius 3 is 2.31 bits per heavy atom. The highest BCUT2D eigenvalue weighted by atomic mass is 15.1. The monoisotopic (exact) mass is 178 g/mol. The molecule has 0 atom stereocenters. The van der Waals surface area contributed by atoms with Crippen LogP contribution in [0.5, 0.6) is 0 Å². The van der Waals surface area contributed by atoms with E-state index in [9.17, 15) is 0 Å². The van der Waals surface area contributed by atoms with Crippen LogP contribution in [0.4, 0.5) is 5.69 Å². The normalized spacial score (nSPS) is 11.5. The molecule has 0 radical (unpaired) electrons. The predicted molar refractivity (Wildman–Crippen MR) is 58.0 cm³/mol. The first-order chi connectivity index (χ1) is 5.91. The van der Waals surface area contributed by atoms with Crippen LogP contribution < -0.4 is 10.6 Å². The maximum absolute atomic E-state index is 6.01. The van der Waals surface area contributed by atoms with E-state index < -0.39 is 0 Å². The molecule has 0 spiro atoms. The Morgan fingerprint density at radius 2 is 1.85 bits per heavy atom. The Balaban J connectivity index is 3.06. The molecule has 0 aliphatic heterocycles. The van der Waals surface area contributed by atoms with Crippen molar-refractivity contribution in [2.45, 2.75) is 19.4 Å². The third kappa shape index (κ3) is 2.46. The van der Waals surface area contributed by atoms with Crippen LogP contribution in [0.2, 0.25) is 0 Å². The third-order valence-corrected chi connectivity index (χ3v) is 2.11. The molecule has 0 aliphatic rings. The van der Waals surface area contributed by atoms with E-state index >= 15 is 0 Å². The van der Waals surface area contributed by atoms with Gasteiger partial charge in [0, 0.05) is 25.3 Å². The maximum atomic E-state index is 6.01. The van der Waals surface area contributed by atoms with Gasteiger partial charge in [-0.05, 0) is 31.5 Å². The van der Waals surface area contributed by atoms with Crippen molar-refractivity contribution in [2.75, 3.05) is 19.0 Å². The summed E-state index contributed by atoms with van der Waals surface area (Å²) in [6, 6.07) is 8.31. The largest absolute Gasteiger partial charge is 0.378 e. The Labute approximate surface area is 80.4 Å². The average molecular weight is 178 g/mol. The van der Waals surface area contributed by atoms with Crippen LogP contribution in [-0.2, 0) is 5.54 Å². The van der Waals surface area contributed by atoms with Crippen molar-refractivity contribution in [3.05, 3.63) is 29.8 Å². The van der Waals surface area contributed by atoms with Crippen LogP contribution in [0.1, 0.15) is 19.4 Å². The number of hydrogen-bond donors (Lipinski definition) is 1. The number of nitrogens with zero attached hydrogens (tertiary/aromatic N) is 1. The lowest BCUT2D eigenvalue weighted by Crippen LogP contribution is -2.28. The topological polar surface area (TPSA) is 29.3 Å². The highest BCUT2D eigenvalue weighted by Gasteiger charge is 2.13. The molecule has 0 saturated carbocycles. The second-order valence-corrected chi connectivity index (χ2v) is 4.17. The van der Waals surface area contributed by atoms with E-state index in [0.29, 0.717) is 0 Å². The van der Waals surface area contributed by atoms with Gasteiger partial charge in [0.05, 0.1) is 0 Å². The Kier molecular flexibility index (Phi) is 2.62. The molecule has 0 amide bonds. The van der Waals surface area contributed by atoms with Gasteiger partial charge in [-0.3, -0.25) is 0 Å². The van der Waals surface area contributed by atoms with E-state index in [1.807, 2.05) is 34.0 Å². The lowest BCUT2D eigenvalue weighted by atomic mass is 9.95. The van der Waals surface area contributed by atoms with Crippen molar-refractivity contribution in [1.29, 1.82) is 0 Å². The molecule has 2 heteroatoms. The van der Waals surface area contributed by atoms with Crippen molar-refractivity contribution in [1.82, 2.24) is 0 Å². The molecule has 2 nitrogen and oxygen atoms in total. The fourth-order valence-electron chi connectivity index (χ4n) is 1.18. The molecule has 0 fully saturated rings. The summed E-state index contributed by atoms with van der Waals surface area (Å²) in [5.74, 6) is 0. The van der Waals surface area contributed by atoms with Crippen molar-refractivity contribution < 1.29 is 0 Å². The van der Waals surface area contributed by atoms with Gasteiger partial charge in [-0.15, -0.1) is 0 Å². The average Bonchev–Trinajstić information content (AvgIpc) is 2.03. The minimum Gasteiger partial charge on any atom is -0.378 e. The maximum Gasteiger partial charge on any atom is 0.0364 e. The quantitative estimate of drug-likeness (QED) is 0.750. The summed E-state index contributed by atoms with van der Waals surface area (Å²) in [5, 5.41) is 0. The van der Waals surface area contributed by atoms with Crippen molar-refractivity contribution in [2.24, 2.45) is 5.73 Å². The lowest BCUT2D eigenvalue weighted by molar-refractivity contribution is 0.554. The minimum atomic E-state index is -0.258. The van der Waals surface area contributed by atoms with Gasteiger partial charge in [-0.2, -0.15) is 0 Å². The highest BCUT2D eigenvalue weighted by Crippen LogP contribution is 2.21. The molecule has 2 N–H and O–H groups in total. The second-order valence-electron chi connectivity index (χ2n) is 4.17. The molecular formula is C11H18N2. The van der Waals surface area contributed by atoms with Crippen molar-refractivity contribution >= 4 is 5.69 Å². The van der Waals surface area contributed by atoms with Gasteiger partial charge in [0.2, 0.25) is 0 Å². The summed E-state index contributed by atoms with van der Waals surface area (Å²) in [7, 11) is 4.06. The number of hydrogen-bond acceptors (Lipinski definition) is 2. The van der Waals surface area contributed by atoms with E-state index in [1.54, 1.807) is 0 Å². The molecule has 1 aromatic rings. The SMILES string of the molecule is CN(C)c1cccc(C(C)(C)N)c1. The Bertz CT molecular complexity index is 284. The third-order valence-electron chi connectivity index (χ3n) is 2.11. The van der Waals surface area contributed by atoms with Crippen molar-refractivity contribution in [3.63, 3.8) is 0 Å². The lowest BCUT2D eigenvalue weighted by Gasteiger charge is -2.21. The summed E-state index contributed by atoms with van der Waals surface area (Å²) in [6.07, 6.45) is 0. The molecule has 72 valence electrons. The zero-order chi connectivity index (χ0) is 10.1. The number of anilines is 1. The molecule has 0 heterocycles. The van der Waals surface area contributed by atoms with E-state index in [2.05, 4.69) is 23.1 Å². The molecule has 0 saturated heterocycles. The highest BCUT2D eigenvalue weighted by molar-refractivity contribution is 5.48. The van der Waals surface area contributed by atoms with Gasteiger partial charge in [-0.25, -0.2) is 0 Å². The van der Waals surface area contributed by atoms with E-state index in [-0.39, 0.29) is 5.54 Å². The van der Waals surface area contributed by atoms with E-state index in [4.69, 9.17) is 5.73 Å². The van der Waals surface area contributed by atoms with E-state index in [0.717, 1.165) is 0 Å². The molecule has 1 rings (SSSR count). The number of rotatable bonds is 2. The van der Waals surface area contributed by atoms with Gasteiger partial charge in [0.15, 0.2) is 0 Å². The first-order valence-electron chi connectivity index (χ1n) is 4.48. The fraction of sp³-hybridized carbons (Fsp3) is 0.455. The fourth-order valence-corrected chi connectivity index (χ4v) is 1.18. The number of nitrogens with two attached hydrogens (primary N) is 1. The molecular weight excluding hydrogens is 160 g/mol. The first kappa shape index (κ1) is 10.1. The van der Waals surface area contributed by atoms with Crippen LogP contribution in [0.15, 0.2) is 24.3 Å². The smallest absolute Gasteiger partial charge is 0.0364 e. The predicted octanol–water partition coefficient (Wildman–Crippen LogP) is 1.95. The molecule has 0 aliphatic carbocycles. The molecule has 1 aromatic carbocycles. The van der Waals surface area contributed by atoms with Crippen LogP contribution in [0.3, 0.4) is 0 Å². The Morgan fingerprint density at radius 1 is 1.23 bits per heavy atom. The molecule has 0 aromatic heterocycles. The standard InChI is InChI=1S/C11H18N2/c1-11(2,12)9-6-5-7-10(8-9)13(3)4/h5-8H,12H2,1-4H3. The molecule has 13 heavy (non-hydrogen) atoms. The van der Waals surface area contributed by atoms with Crippen LogP contribution in [0, 0.1) is 0 Å². The van der Waals surface area contributed by atoms with Crippen molar-refractivity contribution in [3.8, 4) is 0 Å². The summed E-state index contributed by atoms with van der Waals surface area (Å²) in [5.41, 5.74) is 8.11. The van der Waals surface area contributed by atoms with Gasteiger partial charge >= 0.3 is 0 Å². The second kappa shape index (κ2) is 3.38. The molecule has 0 bridgehead atoms. The zero-order valence-electron chi connectivity index (χ0n) is 8.83. The van der Waals surface area contributed by atoms with Gasteiger partial charge in [0.25, 0.3) is 0 Å². The van der Waals surface area contributed by atoms with Crippen LogP contribution in [-0.4, -0.2) is 14.1 Å². The van der Waals surface area contributed by atoms with Gasteiger partial charge in [-0.1, -0.05) is 12.1 Å². The zero-order valence-corrected chi connectivity index (χ0v) is 8.83. The number of benzene rings is 1. The molecule has 0 unspecified atom stereocenters. The summed E-state index contributed by atoms with van der Waals surface area (Å²) >= 11 is 0. The van der Waals surface area contributed by atoms with Crippen LogP contribution in [0.25, 0.3) is 0 Å².